The van der Waals surface area contributed by atoms with E-state index in [4.69, 9.17) is 0 Å². The molecule has 4 heteroatoms. The lowest BCUT2D eigenvalue weighted by atomic mass is 10.2. The highest BCUT2D eigenvalue weighted by Gasteiger charge is 2.41. The molecule has 3 rings (SSSR count). The first-order valence-corrected chi connectivity index (χ1v) is 6.20. The van der Waals surface area contributed by atoms with Gasteiger partial charge in [-0.05, 0) is 25.0 Å². The van der Waals surface area contributed by atoms with E-state index in [1.165, 1.54) is 0 Å². The summed E-state index contributed by atoms with van der Waals surface area (Å²) < 4.78 is 0. The Kier molecular flexibility index (Phi) is 2.50. The summed E-state index contributed by atoms with van der Waals surface area (Å²) in [6, 6.07) is 6.76. The quantitative estimate of drug-likeness (QED) is 0.730. The summed E-state index contributed by atoms with van der Waals surface area (Å²) in [4.78, 5) is 20.4. The summed E-state index contributed by atoms with van der Waals surface area (Å²) in [5, 5.41) is 0. The lowest BCUT2D eigenvalue weighted by molar-refractivity contribution is -0.132. The van der Waals surface area contributed by atoms with Gasteiger partial charge < -0.3 is 9.80 Å². The van der Waals surface area contributed by atoms with E-state index in [2.05, 4.69) is 14.8 Å². The molecule has 2 saturated heterocycles. The summed E-state index contributed by atoms with van der Waals surface area (Å²) in [5.74, 6) is 1.26. The van der Waals surface area contributed by atoms with Gasteiger partial charge in [-0.25, -0.2) is 4.98 Å². The molecule has 0 N–H and O–H groups in total. The molecule has 3 heterocycles. The maximum atomic E-state index is 11.6. The molecule has 1 aromatic heterocycles. The second-order valence-corrected chi connectivity index (χ2v) is 4.90. The van der Waals surface area contributed by atoms with E-state index in [9.17, 15) is 4.79 Å². The van der Waals surface area contributed by atoms with E-state index in [0.29, 0.717) is 12.1 Å². The van der Waals surface area contributed by atoms with Crippen molar-refractivity contribution < 1.29 is 4.79 Å². The van der Waals surface area contributed by atoms with Crippen molar-refractivity contribution in [1.29, 1.82) is 0 Å². The highest BCUT2D eigenvalue weighted by molar-refractivity contribution is 5.75. The summed E-state index contributed by atoms with van der Waals surface area (Å²) in [6.07, 6.45) is 4.09. The van der Waals surface area contributed by atoms with Gasteiger partial charge in [0.15, 0.2) is 0 Å². The Bertz CT molecular complexity index is 406. The van der Waals surface area contributed by atoms with Crippen LogP contribution in [0.3, 0.4) is 0 Å². The molecule has 0 saturated carbocycles. The van der Waals surface area contributed by atoms with Crippen LogP contribution in [0.4, 0.5) is 5.82 Å². The summed E-state index contributed by atoms with van der Waals surface area (Å²) in [6.45, 7) is 3.53. The molecule has 2 aliphatic rings. The standard InChI is InChI=1S/C13H17N3O/c1-10(17)16-11-5-6-12(16)9-15(8-11)13-4-2-3-7-14-13/h2-4,7,11-12H,5-6,8-9H2,1H3. The highest BCUT2D eigenvalue weighted by atomic mass is 16.2. The van der Waals surface area contributed by atoms with Crippen LogP contribution in [0.25, 0.3) is 0 Å². The van der Waals surface area contributed by atoms with Crippen molar-refractivity contribution in [3.63, 3.8) is 0 Å². The van der Waals surface area contributed by atoms with Crippen LogP contribution in [0, 0.1) is 0 Å². The van der Waals surface area contributed by atoms with Gasteiger partial charge in [-0.2, -0.15) is 0 Å². The van der Waals surface area contributed by atoms with E-state index in [0.717, 1.165) is 31.7 Å². The van der Waals surface area contributed by atoms with Crippen LogP contribution in [-0.2, 0) is 4.79 Å². The minimum Gasteiger partial charge on any atom is -0.352 e. The molecular weight excluding hydrogens is 214 g/mol. The van der Waals surface area contributed by atoms with Gasteiger partial charge in [-0.1, -0.05) is 6.07 Å². The Balaban J connectivity index is 1.80. The van der Waals surface area contributed by atoms with Crippen molar-refractivity contribution in [2.75, 3.05) is 18.0 Å². The molecule has 0 aliphatic carbocycles. The number of carbonyl (C=O) groups excluding carboxylic acids is 1. The maximum absolute atomic E-state index is 11.6. The topological polar surface area (TPSA) is 36.4 Å². The summed E-state index contributed by atoms with van der Waals surface area (Å²) in [5.41, 5.74) is 0. The van der Waals surface area contributed by atoms with Gasteiger partial charge in [0.25, 0.3) is 0 Å². The normalized spacial score (nSPS) is 27.4. The first-order chi connectivity index (χ1) is 8.25. The van der Waals surface area contributed by atoms with Gasteiger partial charge in [0, 0.05) is 38.3 Å². The van der Waals surface area contributed by atoms with E-state index in [1.807, 2.05) is 24.4 Å². The summed E-state index contributed by atoms with van der Waals surface area (Å²) >= 11 is 0. The predicted molar refractivity (Wildman–Crippen MR) is 65.8 cm³/mol. The number of rotatable bonds is 1. The molecule has 0 aromatic carbocycles. The smallest absolute Gasteiger partial charge is 0.220 e. The number of pyridine rings is 1. The zero-order chi connectivity index (χ0) is 11.8. The molecular formula is C13H17N3O. The van der Waals surface area contributed by atoms with Crippen LogP contribution < -0.4 is 4.90 Å². The number of aromatic nitrogens is 1. The van der Waals surface area contributed by atoms with E-state index >= 15 is 0 Å². The fourth-order valence-electron chi connectivity index (χ4n) is 3.15. The van der Waals surface area contributed by atoms with Crippen LogP contribution in [0.5, 0.6) is 0 Å². The molecule has 2 bridgehead atoms. The van der Waals surface area contributed by atoms with Gasteiger partial charge in [0.2, 0.25) is 5.91 Å². The lowest BCUT2D eigenvalue weighted by Gasteiger charge is -2.41. The predicted octanol–water partition coefficient (Wildman–Crippen LogP) is 1.28. The number of hydrogen-bond acceptors (Lipinski definition) is 3. The number of anilines is 1. The number of amides is 1. The van der Waals surface area contributed by atoms with Gasteiger partial charge in [0.1, 0.15) is 5.82 Å². The Morgan fingerprint density at radius 3 is 2.53 bits per heavy atom. The minimum atomic E-state index is 0.221. The SMILES string of the molecule is CC(=O)N1C2CCC1CN(c1ccccn1)C2. The molecule has 2 atom stereocenters. The Morgan fingerprint density at radius 2 is 2.00 bits per heavy atom. The van der Waals surface area contributed by atoms with Gasteiger partial charge in [0.05, 0.1) is 0 Å². The molecule has 2 unspecified atom stereocenters. The first kappa shape index (κ1) is 10.6. The largest absolute Gasteiger partial charge is 0.352 e. The zero-order valence-corrected chi connectivity index (χ0v) is 10.0. The Morgan fingerprint density at radius 1 is 1.29 bits per heavy atom. The second kappa shape index (κ2) is 4.02. The van der Waals surface area contributed by atoms with Crippen molar-refractivity contribution in [3.8, 4) is 0 Å². The van der Waals surface area contributed by atoms with E-state index in [1.54, 1.807) is 6.92 Å². The molecule has 2 fully saturated rings. The molecule has 0 radical (unpaired) electrons. The molecule has 1 amide bonds. The van der Waals surface area contributed by atoms with Crippen molar-refractivity contribution in [2.45, 2.75) is 31.8 Å². The lowest BCUT2D eigenvalue weighted by Crippen LogP contribution is -2.55. The molecule has 1 aromatic rings. The van der Waals surface area contributed by atoms with Gasteiger partial charge in [-0.15, -0.1) is 0 Å². The van der Waals surface area contributed by atoms with Gasteiger partial charge in [-0.3, -0.25) is 4.79 Å². The number of fused-ring (bicyclic) bond motifs is 2. The van der Waals surface area contributed by atoms with E-state index in [-0.39, 0.29) is 5.91 Å². The highest BCUT2D eigenvalue weighted by Crippen LogP contribution is 2.31. The van der Waals surface area contributed by atoms with Crippen LogP contribution >= 0.6 is 0 Å². The average molecular weight is 231 g/mol. The van der Waals surface area contributed by atoms with E-state index < -0.39 is 0 Å². The van der Waals surface area contributed by atoms with Crippen molar-refractivity contribution in [3.05, 3.63) is 24.4 Å². The van der Waals surface area contributed by atoms with Gasteiger partial charge >= 0.3 is 0 Å². The first-order valence-electron chi connectivity index (χ1n) is 6.20. The summed E-state index contributed by atoms with van der Waals surface area (Å²) in [7, 11) is 0. The number of nitrogens with zero attached hydrogens (tertiary/aromatic N) is 3. The van der Waals surface area contributed by atoms with Crippen molar-refractivity contribution >= 4 is 11.7 Å². The fraction of sp³-hybridized carbons (Fsp3) is 0.538. The second-order valence-electron chi connectivity index (χ2n) is 4.90. The van der Waals surface area contributed by atoms with Crippen LogP contribution in [0.1, 0.15) is 19.8 Å². The van der Waals surface area contributed by atoms with Crippen LogP contribution in [0.2, 0.25) is 0 Å². The monoisotopic (exact) mass is 231 g/mol. The van der Waals surface area contributed by atoms with Crippen LogP contribution in [0.15, 0.2) is 24.4 Å². The number of piperazine rings is 1. The molecule has 2 aliphatic heterocycles. The van der Waals surface area contributed by atoms with Crippen molar-refractivity contribution in [2.24, 2.45) is 0 Å². The Hall–Kier alpha value is -1.58. The maximum Gasteiger partial charge on any atom is 0.220 e. The third kappa shape index (κ3) is 1.77. The molecule has 0 spiro atoms. The molecule has 17 heavy (non-hydrogen) atoms. The minimum absolute atomic E-state index is 0.221. The average Bonchev–Trinajstić information content (AvgIpc) is 2.62. The molecule has 90 valence electrons. The zero-order valence-electron chi connectivity index (χ0n) is 10.0. The number of hydrogen-bond donors (Lipinski definition) is 0. The molecule has 4 nitrogen and oxygen atoms in total. The van der Waals surface area contributed by atoms with Crippen LogP contribution in [-0.4, -0.2) is 41.0 Å². The number of carbonyl (C=O) groups is 1. The third-order valence-corrected chi connectivity index (χ3v) is 3.82. The fourth-order valence-corrected chi connectivity index (χ4v) is 3.15. The Labute approximate surface area is 101 Å². The van der Waals surface area contributed by atoms with Crippen molar-refractivity contribution in [1.82, 2.24) is 9.88 Å². The third-order valence-electron chi connectivity index (χ3n) is 3.82.